The van der Waals surface area contributed by atoms with Crippen molar-refractivity contribution in [3.05, 3.63) is 34.0 Å². The van der Waals surface area contributed by atoms with E-state index in [1.807, 2.05) is 0 Å². The summed E-state index contributed by atoms with van der Waals surface area (Å²) >= 11 is 1.30. The molecule has 142 valence electrons. The summed E-state index contributed by atoms with van der Waals surface area (Å²) in [4.78, 5) is 18.3. The van der Waals surface area contributed by atoms with Crippen LogP contribution in [0.2, 0.25) is 0 Å². The van der Waals surface area contributed by atoms with E-state index in [-0.39, 0.29) is 12.5 Å². The molecule has 1 aliphatic heterocycles. The number of anilines is 1. The highest BCUT2D eigenvalue weighted by Gasteiger charge is 2.33. The quantitative estimate of drug-likeness (QED) is 0.781. The summed E-state index contributed by atoms with van der Waals surface area (Å²) < 4.78 is 48.4. The maximum atomic E-state index is 12.8. The number of hydrogen-bond acceptors (Lipinski definition) is 7. The summed E-state index contributed by atoms with van der Waals surface area (Å²) in [5.74, 6) is 0.723. The summed E-state index contributed by atoms with van der Waals surface area (Å²) in [5.41, 5.74) is -1.57. The van der Waals surface area contributed by atoms with Gasteiger partial charge in [0.25, 0.3) is 5.56 Å². The van der Waals surface area contributed by atoms with Crippen molar-refractivity contribution in [1.29, 1.82) is 0 Å². The van der Waals surface area contributed by atoms with Gasteiger partial charge >= 0.3 is 6.18 Å². The van der Waals surface area contributed by atoms with Crippen molar-refractivity contribution >= 4 is 16.7 Å². The molecule has 7 nitrogen and oxygen atoms in total. The Morgan fingerprint density at radius 1 is 1.31 bits per heavy atom. The molecule has 1 aliphatic rings. The molecule has 0 amide bonds. The van der Waals surface area contributed by atoms with Crippen LogP contribution in [0.3, 0.4) is 0 Å². The lowest BCUT2D eigenvalue weighted by atomic mass is 9.97. The van der Waals surface area contributed by atoms with E-state index in [1.165, 1.54) is 11.5 Å². The normalized spacial score (nSPS) is 16.2. The smallest absolute Gasteiger partial charge is 0.377 e. The van der Waals surface area contributed by atoms with Gasteiger partial charge in [0.2, 0.25) is 5.13 Å². The fourth-order valence-electron chi connectivity index (χ4n) is 2.84. The van der Waals surface area contributed by atoms with Crippen LogP contribution in [0.15, 0.2) is 16.9 Å². The van der Waals surface area contributed by atoms with Crippen LogP contribution < -0.4 is 10.5 Å². The Labute approximate surface area is 151 Å². The Balaban J connectivity index is 1.61. The molecule has 26 heavy (non-hydrogen) atoms. The highest BCUT2D eigenvalue weighted by Crippen LogP contribution is 2.27. The molecule has 0 radical (unpaired) electrons. The van der Waals surface area contributed by atoms with Gasteiger partial charge in [-0.25, -0.2) is 9.67 Å². The van der Waals surface area contributed by atoms with Crippen LogP contribution in [0.5, 0.6) is 0 Å². The highest BCUT2D eigenvalue weighted by atomic mass is 32.1. The molecule has 3 rings (SSSR count). The van der Waals surface area contributed by atoms with Gasteiger partial charge in [-0.3, -0.25) is 4.79 Å². The lowest BCUT2D eigenvalue weighted by Gasteiger charge is -2.31. The lowest BCUT2D eigenvalue weighted by Crippen LogP contribution is -2.37. The van der Waals surface area contributed by atoms with Crippen molar-refractivity contribution in [2.45, 2.75) is 32.2 Å². The lowest BCUT2D eigenvalue weighted by molar-refractivity contribution is -0.142. The Kier molecular flexibility index (Phi) is 5.56. The van der Waals surface area contributed by atoms with Crippen LogP contribution in [0.25, 0.3) is 0 Å². The topological polar surface area (TPSA) is 73.1 Å². The zero-order valence-corrected chi connectivity index (χ0v) is 14.9. The van der Waals surface area contributed by atoms with Gasteiger partial charge in [-0.15, -0.1) is 0 Å². The maximum absolute atomic E-state index is 12.8. The van der Waals surface area contributed by atoms with Gasteiger partial charge < -0.3 is 9.64 Å². The van der Waals surface area contributed by atoms with E-state index in [2.05, 4.69) is 19.4 Å². The number of methoxy groups -OCH3 is 1. The Morgan fingerprint density at radius 2 is 2.04 bits per heavy atom. The van der Waals surface area contributed by atoms with Gasteiger partial charge in [0, 0.05) is 44.3 Å². The van der Waals surface area contributed by atoms with Gasteiger partial charge in [0.1, 0.15) is 6.61 Å². The number of ether oxygens (including phenoxy) is 1. The molecule has 1 saturated heterocycles. The number of halogens is 3. The average Bonchev–Trinajstić information content (AvgIpc) is 3.05. The molecule has 0 N–H and O–H groups in total. The molecule has 1 fully saturated rings. The first-order valence-corrected chi connectivity index (χ1v) is 8.86. The molecule has 0 aliphatic carbocycles. The third-order valence-electron chi connectivity index (χ3n) is 4.20. The SMILES string of the molecule is COCc1nsc(N2CCC(Cn3nc(C(F)(F)F)ccc3=O)CC2)n1. The molecule has 0 spiro atoms. The predicted molar refractivity (Wildman–Crippen MR) is 89.1 cm³/mol. The Morgan fingerprint density at radius 3 is 2.69 bits per heavy atom. The summed E-state index contributed by atoms with van der Waals surface area (Å²) in [6.07, 6.45) is -3.08. The maximum Gasteiger partial charge on any atom is 0.435 e. The third-order valence-corrected chi connectivity index (χ3v) is 5.02. The standard InChI is InChI=1S/C15H18F3N5O2S/c1-25-9-12-19-14(26-21-12)22-6-4-10(5-7-22)8-23-13(24)3-2-11(20-23)15(16,17)18/h2-3,10H,4-9H2,1H3. The molecule has 2 aromatic heterocycles. The molecule has 0 saturated carbocycles. The third kappa shape index (κ3) is 4.39. The summed E-state index contributed by atoms with van der Waals surface area (Å²) in [5, 5.41) is 4.28. The van der Waals surface area contributed by atoms with Crippen LogP contribution in [0.4, 0.5) is 18.3 Å². The van der Waals surface area contributed by atoms with Gasteiger partial charge in [0.05, 0.1) is 0 Å². The summed E-state index contributed by atoms with van der Waals surface area (Å²) in [6, 6.07) is 1.64. The second-order valence-electron chi connectivity index (χ2n) is 6.09. The van der Waals surface area contributed by atoms with Crippen LogP contribution in [0.1, 0.15) is 24.4 Å². The zero-order chi connectivity index (χ0) is 18.7. The zero-order valence-electron chi connectivity index (χ0n) is 14.1. The minimum Gasteiger partial charge on any atom is -0.377 e. The Bertz CT molecular complexity index is 799. The first-order valence-electron chi connectivity index (χ1n) is 8.08. The number of aromatic nitrogens is 4. The number of hydrogen-bond donors (Lipinski definition) is 0. The van der Waals surface area contributed by atoms with E-state index in [4.69, 9.17) is 4.74 Å². The molecule has 2 aromatic rings. The number of alkyl halides is 3. The van der Waals surface area contributed by atoms with Crippen LogP contribution in [0, 0.1) is 5.92 Å². The van der Waals surface area contributed by atoms with Crippen LogP contribution in [-0.2, 0) is 24.1 Å². The van der Waals surface area contributed by atoms with Crippen molar-refractivity contribution in [2.75, 3.05) is 25.1 Å². The van der Waals surface area contributed by atoms with Gasteiger partial charge in [0.15, 0.2) is 11.5 Å². The minimum atomic E-state index is -4.56. The highest BCUT2D eigenvalue weighted by molar-refractivity contribution is 7.09. The summed E-state index contributed by atoms with van der Waals surface area (Å²) in [6.45, 7) is 1.96. The van der Waals surface area contributed by atoms with Gasteiger partial charge in [-0.05, 0) is 24.8 Å². The first kappa shape index (κ1) is 18.8. The first-order chi connectivity index (χ1) is 12.4. The molecular formula is C15H18F3N5O2S. The molecule has 0 aromatic carbocycles. The van der Waals surface area contributed by atoms with Crippen molar-refractivity contribution in [2.24, 2.45) is 5.92 Å². The van der Waals surface area contributed by atoms with Crippen LogP contribution >= 0.6 is 11.5 Å². The van der Waals surface area contributed by atoms with Crippen molar-refractivity contribution in [3.8, 4) is 0 Å². The number of rotatable bonds is 5. The molecule has 0 unspecified atom stereocenters. The second kappa shape index (κ2) is 7.70. The molecule has 3 heterocycles. The largest absolute Gasteiger partial charge is 0.435 e. The van der Waals surface area contributed by atoms with Gasteiger partial charge in [-0.1, -0.05) is 0 Å². The van der Waals surface area contributed by atoms with Crippen LogP contribution in [-0.4, -0.2) is 39.3 Å². The van der Waals surface area contributed by atoms with E-state index in [1.54, 1.807) is 7.11 Å². The molecular weight excluding hydrogens is 371 g/mol. The van der Waals surface area contributed by atoms with Gasteiger partial charge in [-0.2, -0.15) is 22.6 Å². The summed E-state index contributed by atoms with van der Waals surface area (Å²) in [7, 11) is 1.58. The van der Waals surface area contributed by atoms with Crippen molar-refractivity contribution < 1.29 is 17.9 Å². The Hall–Kier alpha value is -2.01. The second-order valence-corrected chi connectivity index (χ2v) is 6.82. The van der Waals surface area contributed by atoms with E-state index < -0.39 is 17.4 Å². The molecule has 0 atom stereocenters. The predicted octanol–water partition coefficient (Wildman–Crippen LogP) is 2.18. The average molecular weight is 389 g/mol. The van der Waals surface area contributed by atoms with Crippen molar-refractivity contribution in [1.82, 2.24) is 19.1 Å². The fraction of sp³-hybridized carbons (Fsp3) is 0.600. The van der Waals surface area contributed by atoms with Crippen molar-refractivity contribution in [3.63, 3.8) is 0 Å². The van der Waals surface area contributed by atoms with E-state index in [0.29, 0.717) is 31.6 Å². The fourth-order valence-corrected chi connectivity index (χ4v) is 3.57. The minimum absolute atomic E-state index is 0.0892. The monoisotopic (exact) mass is 389 g/mol. The molecule has 11 heteroatoms. The number of piperidine rings is 1. The van der Waals surface area contributed by atoms with E-state index in [9.17, 15) is 18.0 Å². The number of nitrogens with zero attached hydrogens (tertiary/aromatic N) is 5. The molecule has 0 bridgehead atoms. The van der Waals surface area contributed by atoms with E-state index in [0.717, 1.165) is 28.7 Å². The van der Waals surface area contributed by atoms with E-state index >= 15 is 0 Å².